The summed E-state index contributed by atoms with van der Waals surface area (Å²) in [5.41, 5.74) is 0.934. The number of ether oxygens (including phenoxy) is 1. The van der Waals surface area contributed by atoms with Gasteiger partial charge in [0.15, 0.2) is 5.69 Å². The molecule has 4 heterocycles. The van der Waals surface area contributed by atoms with Crippen molar-refractivity contribution in [2.24, 2.45) is 0 Å². The van der Waals surface area contributed by atoms with Crippen LogP contribution in [0.5, 0.6) is 0 Å². The van der Waals surface area contributed by atoms with E-state index < -0.39 is 11.9 Å². The molecule has 1 atom stereocenters. The van der Waals surface area contributed by atoms with E-state index in [0.29, 0.717) is 32.1 Å². The van der Waals surface area contributed by atoms with Crippen molar-refractivity contribution in [3.8, 4) is 0 Å². The fourth-order valence-electron chi connectivity index (χ4n) is 3.26. The van der Waals surface area contributed by atoms with Crippen LogP contribution in [0.3, 0.4) is 0 Å². The lowest BCUT2D eigenvalue weighted by molar-refractivity contribution is -0.141. The van der Waals surface area contributed by atoms with Gasteiger partial charge in [0.05, 0.1) is 24.9 Å². The van der Waals surface area contributed by atoms with Gasteiger partial charge in [0.1, 0.15) is 12.1 Å². The topological polar surface area (TPSA) is 73.4 Å². The maximum atomic E-state index is 13.2. The average molecular weight is 381 g/mol. The van der Waals surface area contributed by atoms with Crippen molar-refractivity contribution in [2.75, 3.05) is 24.6 Å². The SMILES string of the molecule is Cc1cc(C)n(CC2CN(c3cc(C(F)(F)F)nc4ncnn34)CCO2)n1. The van der Waals surface area contributed by atoms with Crippen molar-refractivity contribution in [1.82, 2.24) is 29.4 Å². The summed E-state index contributed by atoms with van der Waals surface area (Å²) < 4.78 is 48.6. The first-order chi connectivity index (χ1) is 12.8. The molecule has 1 fully saturated rings. The number of morpholine rings is 1. The van der Waals surface area contributed by atoms with E-state index in [2.05, 4.69) is 20.2 Å². The van der Waals surface area contributed by atoms with Crippen LogP contribution >= 0.6 is 0 Å². The number of halogens is 3. The summed E-state index contributed by atoms with van der Waals surface area (Å²) in [6, 6.07) is 2.98. The van der Waals surface area contributed by atoms with Gasteiger partial charge in [-0.25, -0.2) is 4.98 Å². The van der Waals surface area contributed by atoms with Crippen molar-refractivity contribution in [2.45, 2.75) is 32.7 Å². The molecule has 0 amide bonds. The first-order valence-electron chi connectivity index (χ1n) is 8.47. The van der Waals surface area contributed by atoms with Crippen LogP contribution in [0.1, 0.15) is 17.1 Å². The van der Waals surface area contributed by atoms with Gasteiger partial charge in [-0.1, -0.05) is 0 Å². The zero-order valence-electron chi connectivity index (χ0n) is 14.8. The van der Waals surface area contributed by atoms with Gasteiger partial charge in [0, 0.05) is 24.8 Å². The smallest absolute Gasteiger partial charge is 0.373 e. The standard InChI is InChI=1S/C16H18F3N7O/c1-10-5-11(2)25(23-10)8-12-7-24(3-4-27-12)14-6-13(16(17,18)19)22-15-20-9-21-26(14)15/h5-6,9,12H,3-4,7-8H2,1-2H3. The summed E-state index contributed by atoms with van der Waals surface area (Å²) in [4.78, 5) is 9.19. The summed E-state index contributed by atoms with van der Waals surface area (Å²) in [5, 5.41) is 8.44. The Hall–Kier alpha value is -2.69. The summed E-state index contributed by atoms with van der Waals surface area (Å²) in [5.74, 6) is 0.216. The summed E-state index contributed by atoms with van der Waals surface area (Å²) in [6.45, 7) is 5.64. The second kappa shape index (κ2) is 6.48. The summed E-state index contributed by atoms with van der Waals surface area (Å²) in [6.07, 6.45) is -3.57. The van der Waals surface area contributed by atoms with Crippen LogP contribution in [0, 0.1) is 13.8 Å². The minimum absolute atomic E-state index is 0.0820. The molecule has 27 heavy (non-hydrogen) atoms. The first kappa shape index (κ1) is 17.7. The second-order valence-electron chi connectivity index (χ2n) is 6.52. The maximum Gasteiger partial charge on any atom is 0.433 e. The van der Waals surface area contributed by atoms with Crippen LogP contribution in [0.2, 0.25) is 0 Å². The molecule has 0 radical (unpaired) electrons. The molecular weight excluding hydrogens is 363 g/mol. The molecule has 1 aliphatic heterocycles. The van der Waals surface area contributed by atoms with Gasteiger partial charge in [0.2, 0.25) is 0 Å². The highest BCUT2D eigenvalue weighted by atomic mass is 19.4. The Balaban J connectivity index is 1.63. The Bertz CT molecular complexity index is 965. The molecule has 1 saturated heterocycles. The van der Waals surface area contributed by atoms with Crippen LogP contribution in [0.25, 0.3) is 5.78 Å². The number of rotatable bonds is 3. The molecule has 0 aromatic carbocycles. The molecule has 1 aliphatic rings. The first-order valence-corrected chi connectivity index (χ1v) is 8.47. The quantitative estimate of drug-likeness (QED) is 0.690. The van der Waals surface area contributed by atoms with E-state index >= 15 is 0 Å². The van der Waals surface area contributed by atoms with Gasteiger partial charge in [-0.15, -0.1) is 0 Å². The molecule has 8 nitrogen and oxygen atoms in total. The van der Waals surface area contributed by atoms with Crippen molar-refractivity contribution < 1.29 is 17.9 Å². The van der Waals surface area contributed by atoms with Crippen molar-refractivity contribution in [3.63, 3.8) is 0 Å². The number of alkyl halides is 3. The molecule has 0 saturated carbocycles. The maximum absolute atomic E-state index is 13.2. The van der Waals surface area contributed by atoms with Crippen LogP contribution in [0.4, 0.5) is 19.0 Å². The number of fused-ring (bicyclic) bond motifs is 1. The van der Waals surface area contributed by atoms with Crippen LogP contribution in [0.15, 0.2) is 18.5 Å². The molecule has 0 bridgehead atoms. The fourth-order valence-corrected chi connectivity index (χ4v) is 3.26. The fraction of sp³-hybridized carbons (Fsp3) is 0.500. The van der Waals surface area contributed by atoms with E-state index in [4.69, 9.17) is 4.74 Å². The Morgan fingerprint density at radius 3 is 2.78 bits per heavy atom. The number of aryl methyl sites for hydroxylation is 2. The zero-order valence-corrected chi connectivity index (χ0v) is 14.8. The predicted octanol–water partition coefficient (Wildman–Crippen LogP) is 1.86. The normalized spacial score (nSPS) is 18.4. The molecule has 1 unspecified atom stereocenters. The number of hydrogen-bond acceptors (Lipinski definition) is 6. The zero-order chi connectivity index (χ0) is 19.2. The lowest BCUT2D eigenvalue weighted by atomic mass is 10.2. The van der Waals surface area contributed by atoms with E-state index in [1.165, 1.54) is 10.8 Å². The highest BCUT2D eigenvalue weighted by Gasteiger charge is 2.35. The Kier molecular flexibility index (Phi) is 4.25. The Labute approximate surface area is 152 Å². The lowest BCUT2D eigenvalue weighted by Gasteiger charge is -2.34. The number of anilines is 1. The molecule has 3 aromatic heterocycles. The summed E-state index contributed by atoms with van der Waals surface area (Å²) in [7, 11) is 0. The third-order valence-electron chi connectivity index (χ3n) is 4.47. The minimum Gasteiger partial charge on any atom is -0.373 e. The lowest BCUT2D eigenvalue weighted by Crippen LogP contribution is -2.45. The minimum atomic E-state index is -4.56. The third-order valence-corrected chi connectivity index (χ3v) is 4.47. The third kappa shape index (κ3) is 3.46. The highest BCUT2D eigenvalue weighted by Crippen LogP contribution is 2.31. The van der Waals surface area contributed by atoms with Gasteiger partial charge >= 0.3 is 6.18 Å². The van der Waals surface area contributed by atoms with Gasteiger partial charge in [-0.05, 0) is 19.9 Å². The Morgan fingerprint density at radius 2 is 2.07 bits per heavy atom. The van der Waals surface area contributed by atoms with Crippen molar-refractivity contribution in [3.05, 3.63) is 35.5 Å². The monoisotopic (exact) mass is 381 g/mol. The van der Waals surface area contributed by atoms with Gasteiger partial charge in [-0.3, -0.25) is 4.68 Å². The second-order valence-corrected chi connectivity index (χ2v) is 6.52. The highest BCUT2D eigenvalue weighted by molar-refractivity contribution is 5.48. The van der Waals surface area contributed by atoms with Crippen LogP contribution < -0.4 is 4.90 Å². The Morgan fingerprint density at radius 1 is 1.26 bits per heavy atom. The van der Waals surface area contributed by atoms with Crippen LogP contribution in [-0.2, 0) is 17.5 Å². The van der Waals surface area contributed by atoms with Gasteiger partial charge in [-0.2, -0.15) is 32.9 Å². The van der Waals surface area contributed by atoms with E-state index in [1.807, 2.05) is 29.5 Å². The molecule has 0 spiro atoms. The van der Waals surface area contributed by atoms with Gasteiger partial charge < -0.3 is 9.64 Å². The molecule has 3 aromatic rings. The van der Waals surface area contributed by atoms with E-state index in [1.54, 1.807) is 0 Å². The van der Waals surface area contributed by atoms with Crippen molar-refractivity contribution in [1.29, 1.82) is 0 Å². The largest absolute Gasteiger partial charge is 0.433 e. The van der Waals surface area contributed by atoms with Crippen LogP contribution in [-0.4, -0.2) is 55.2 Å². The van der Waals surface area contributed by atoms with Crippen molar-refractivity contribution >= 4 is 11.6 Å². The van der Waals surface area contributed by atoms with E-state index in [-0.39, 0.29) is 11.9 Å². The van der Waals surface area contributed by atoms with E-state index in [0.717, 1.165) is 17.5 Å². The molecule has 0 N–H and O–H groups in total. The molecule has 144 valence electrons. The molecule has 4 rings (SSSR count). The average Bonchev–Trinajstić information content (AvgIpc) is 3.19. The number of hydrogen-bond donors (Lipinski definition) is 0. The molecule has 0 aliphatic carbocycles. The molecular formula is C16H18F3N7O. The van der Waals surface area contributed by atoms with E-state index in [9.17, 15) is 13.2 Å². The predicted molar refractivity (Wildman–Crippen MR) is 89.4 cm³/mol. The number of nitrogens with zero attached hydrogens (tertiary/aromatic N) is 7. The summed E-state index contributed by atoms with van der Waals surface area (Å²) >= 11 is 0. The van der Waals surface area contributed by atoms with Gasteiger partial charge in [0.25, 0.3) is 5.78 Å². The number of aromatic nitrogens is 6. The molecule has 11 heteroatoms.